The highest BCUT2D eigenvalue weighted by molar-refractivity contribution is 5.88. The first kappa shape index (κ1) is 21.9. The van der Waals surface area contributed by atoms with E-state index in [-0.39, 0.29) is 24.2 Å². The summed E-state index contributed by atoms with van der Waals surface area (Å²) in [4.78, 5) is 22.7. The van der Waals surface area contributed by atoms with Gasteiger partial charge in [0, 0.05) is 18.8 Å². The number of allylic oxidation sites excluding steroid dienone is 4. The highest BCUT2D eigenvalue weighted by atomic mass is 16.5. The predicted octanol–water partition coefficient (Wildman–Crippen LogP) is 4.31. The number of carbonyl (C=O) groups excluding carboxylic acids is 1. The summed E-state index contributed by atoms with van der Waals surface area (Å²) in [5.41, 5.74) is 1.09. The number of carboxylic acid groups (broad SMARTS) is 1. The summed E-state index contributed by atoms with van der Waals surface area (Å²) in [7, 11) is 0. The van der Waals surface area contributed by atoms with Gasteiger partial charge in [-0.05, 0) is 51.2 Å². The number of unbranched alkanes of at least 4 members (excludes halogenated alkanes) is 1. The van der Waals surface area contributed by atoms with Gasteiger partial charge >= 0.3 is 5.97 Å². The second kappa shape index (κ2) is 11.4. The van der Waals surface area contributed by atoms with Crippen molar-refractivity contribution in [1.29, 1.82) is 0 Å². The van der Waals surface area contributed by atoms with Crippen LogP contribution in [0.4, 0.5) is 0 Å². The number of ketones is 1. The number of hydrogen-bond donors (Lipinski definition) is 2. The molecule has 2 unspecified atom stereocenters. The molecule has 0 radical (unpaired) electrons. The lowest BCUT2D eigenvalue weighted by molar-refractivity contribution is -0.137. The quantitative estimate of drug-likeness (QED) is 0.413. The average molecular weight is 386 g/mol. The maximum atomic E-state index is 12.2. The van der Waals surface area contributed by atoms with Gasteiger partial charge in [-0.1, -0.05) is 42.0 Å². The van der Waals surface area contributed by atoms with E-state index in [2.05, 4.69) is 0 Å². The lowest BCUT2D eigenvalue weighted by Crippen LogP contribution is -2.29. The van der Waals surface area contributed by atoms with Crippen molar-refractivity contribution in [1.82, 2.24) is 0 Å². The van der Waals surface area contributed by atoms with Crippen molar-refractivity contribution >= 4 is 11.8 Å². The Hall–Kier alpha value is -2.40. The molecular formula is C23H30O5. The normalized spacial score (nSPS) is 18.9. The molecule has 3 atom stereocenters. The molecule has 0 heterocycles. The predicted molar refractivity (Wildman–Crippen MR) is 108 cm³/mol. The molecule has 2 rings (SSSR count). The first-order valence-electron chi connectivity index (χ1n) is 9.95. The van der Waals surface area contributed by atoms with E-state index in [9.17, 15) is 14.7 Å². The molecule has 152 valence electrons. The van der Waals surface area contributed by atoms with Crippen LogP contribution in [0.25, 0.3) is 0 Å². The molecule has 1 aliphatic rings. The fraction of sp³-hybridized carbons (Fsp3) is 0.478. The number of carbonyl (C=O) groups is 2. The second-order valence-electron chi connectivity index (χ2n) is 7.24. The van der Waals surface area contributed by atoms with Gasteiger partial charge in [-0.25, -0.2) is 0 Å². The van der Waals surface area contributed by atoms with Crippen LogP contribution in [0.2, 0.25) is 0 Å². The summed E-state index contributed by atoms with van der Waals surface area (Å²) < 4.78 is 5.77. The zero-order valence-corrected chi connectivity index (χ0v) is 16.4. The molecule has 0 aromatic heterocycles. The molecule has 0 amide bonds. The minimum atomic E-state index is -0.784. The third kappa shape index (κ3) is 7.31. The Labute approximate surface area is 166 Å². The summed E-state index contributed by atoms with van der Waals surface area (Å²) in [5.74, 6) is 0.0466. The van der Waals surface area contributed by atoms with Crippen molar-refractivity contribution in [2.45, 2.75) is 64.1 Å². The van der Waals surface area contributed by atoms with Gasteiger partial charge in [0.25, 0.3) is 0 Å². The van der Waals surface area contributed by atoms with E-state index >= 15 is 0 Å². The highest BCUT2D eigenvalue weighted by Gasteiger charge is 2.27. The Morgan fingerprint density at radius 2 is 2.04 bits per heavy atom. The number of aliphatic hydroxyl groups excluding tert-OH is 1. The fourth-order valence-electron chi connectivity index (χ4n) is 3.34. The summed E-state index contributed by atoms with van der Waals surface area (Å²) in [6.07, 6.45) is 8.79. The molecule has 0 saturated carbocycles. The summed E-state index contributed by atoms with van der Waals surface area (Å²) >= 11 is 0. The number of Topliss-reactive ketones (excluding diaryl/α,β-unsaturated/α-hetero) is 1. The van der Waals surface area contributed by atoms with Crippen molar-refractivity contribution in [3.63, 3.8) is 0 Å². The number of rotatable bonds is 12. The van der Waals surface area contributed by atoms with E-state index in [1.807, 2.05) is 55.5 Å². The van der Waals surface area contributed by atoms with Gasteiger partial charge < -0.3 is 14.9 Å². The highest BCUT2D eigenvalue weighted by Crippen LogP contribution is 2.30. The molecule has 1 aromatic rings. The van der Waals surface area contributed by atoms with Crippen LogP contribution in [0.3, 0.4) is 0 Å². The second-order valence-corrected chi connectivity index (χ2v) is 7.24. The number of benzene rings is 1. The number of carboxylic acids is 1. The van der Waals surface area contributed by atoms with E-state index in [1.54, 1.807) is 0 Å². The molecule has 0 fully saturated rings. The smallest absolute Gasteiger partial charge is 0.303 e. The standard InChI is InChI=1S/C23H30O5/c1-17(28-19-9-5-4-6-10-19)21(24)15-13-18-14-16-22(25)20(18)11-7-2-3-8-12-23(26)27/h2,4-7,9-10,14,17,20-21,24H,3,8,11-13,15-16H2,1H3,(H,26,27)/b7-2-/t17?,20-,21?/m1/s1. The van der Waals surface area contributed by atoms with Gasteiger partial charge in [0.2, 0.25) is 0 Å². The summed E-state index contributed by atoms with van der Waals surface area (Å²) in [6, 6.07) is 9.42. The fourth-order valence-corrected chi connectivity index (χ4v) is 3.34. The molecule has 1 aromatic carbocycles. The summed E-state index contributed by atoms with van der Waals surface area (Å²) in [5, 5.41) is 19.0. The molecule has 0 bridgehead atoms. The molecule has 1 aliphatic carbocycles. The third-order valence-corrected chi connectivity index (χ3v) is 5.04. The minimum absolute atomic E-state index is 0.117. The van der Waals surface area contributed by atoms with Crippen LogP contribution in [0.1, 0.15) is 51.9 Å². The molecule has 0 spiro atoms. The van der Waals surface area contributed by atoms with Crippen LogP contribution in [-0.4, -0.2) is 34.2 Å². The molecule has 2 N–H and O–H groups in total. The Bertz CT molecular complexity index is 692. The number of para-hydroxylation sites is 1. The summed E-state index contributed by atoms with van der Waals surface area (Å²) in [6.45, 7) is 1.85. The Morgan fingerprint density at radius 1 is 1.29 bits per heavy atom. The van der Waals surface area contributed by atoms with Crippen LogP contribution in [0, 0.1) is 5.92 Å². The van der Waals surface area contributed by atoms with Crippen molar-refractivity contribution in [3.8, 4) is 5.75 Å². The maximum absolute atomic E-state index is 12.2. The zero-order chi connectivity index (χ0) is 20.4. The van der Waals surface area contributed by atoms with Crippen LogP contribution >= 0.6 is 0 Å². The van der Waals surface area contributed by atoms with Crippen LogP contribution in [-0.2, 0) is 9.59 Å². The Morgan fingerprint density at radius 3 is 2.75 bits per heavy atom. The Kier molecular flexibility index (Phi) is 8.95. The monoisotopic (exact) mass is 386 g/mol. The van der Waals surface area contributed by atoms with E-state index in [4.69, 9.17) is 9.84 Å². The van der Waals surface area contributed by atoms with Crippen molar-refractivity contribution in [2.75, 3.05) is 0 Å². The molecule has 0 saturated heterocycles. The molecule has 5 heteroatoms. The third-order valence-electron chi connectivity index (χ3n) is 5.04. The zero-order valence-electron chi connectivity index (χ0n) is 16.4. The molecule has 5 nitrogen and oxygen atoms in total. The first-order valence-corrected chi connectivity index (χ1v) is 9.95. The first-order chi connectivity index (χ1) is 13.5. The largest absolute Gasteiger partial charge is 0.488 e. The number of aliphatic hydroxyl groups is 1. The Balaban J connectivity index is 1.76. The van der Waals surface area contributed by atoms with Gasteiger partial charge in [-0.3, -0.25) is 9.59 Å². The minimum Gasteiger partial charge on any atom is -0.488 e. The van der Waals surface area contributed by atoms with E-state index < -0.39 is 12.1 Å². The number of ether oxygens (including phenoxy) is 1. The van der Waals surface area contributed by atoms with E-state index in [1.165, 1.54) is 0 Å². The SMILES string of the molecule is CC(Oc1ccccc1)C(O)CCC1=CCC(=O)[C@@H]1C/C=C\CCCC(=O)O. The van der Waals surface area contributed by atoms with Crippen molar-refractivity contribution < 1.29 is 24.5 Å². The van der Waals surface area contributed by atoms with Gasteiger partial charge in [0.15, 0.2) is 0 Å². The lowest BCUT2D eigenvalue weighted by Gasteiger charge is -2.21. The van der Waals surface area contributed by atoms with Gasteiger partial charge in [-0.2, -0.15) is 0 Å². The number of aliphatic carboxylic acids is 1. The van der Waals surface area contributed by atoms with E-state index in [0.29, 0.717) is 38.5 Å². The van der Waals surface area contributed by atoms with Crippen LogP contribution in [0.15, 0.2) is 54.1 Å². The van der Waals surface area contributed by atoms with Crippen LogP contribution < -0.4 is 4.74 Å². The maximum Gasteiger partial charge on any atom is 0.303 e. The van der Waals surface area contributed by atoms with Gasteiger partial charge in [0.1, 0.15) is 17.6 Å². The molecule has 0 aliphatic heterocycles. The number of hydrogen-bond acceptors (Lipinski definition) is 4. The topological polar surface area (TPSA) is 83.8 Å². The van der Waals surface area contributed by atoms with Crippen LogP contribution in [0.5, 0.6) is 5.75 Å². The van der Waals surface area contributed by atoms with Gasteiger partial charge in [0.05, 0.1) is 6.10 Å². The van der Waals surface area contributed by atoms with Gasteiger partial charge in [-0.15, -0.1) is 0 Å². The van der Waals surface area contributed by atoms with E-state index in [0.717, 1.165) is 11.3 Å². The molecule has 28 heavy (non-hydrogen) atoms. The average Bonchev–Trinajstić information content (AvgIpc) is 3.02. The van der Waals surface area contributed by atoms with Crippen molar-refractivity contribution in [2.24, 2.45) is 5.92 Å². The van der Waals surface area contributed by atoms with Crippen molar-refractivity contribution in [3.05, 3.63) is 54.1 Å². The lowest BCUT2D eigenvalue weighted by atomic mass is 9.92. The molecular weight excluding hydrogens is 356 g/mol.